The molecule has 5 rings (SSSR count). The third-order valence-corrected chi connectivity index (χ3v) is 5.43. The van der Waals surface area contributed by atoms with E-state index in [1.165, 1.54) is 0 Å². The molecular weight excluding hydrogens is 380 g/mol. The number of amides is 1. The maximum absolute atomic E-state index is 12.9. The van der Waals surface area contributed by atoms with E-state index in [0.29, 0.717) is 43.3 Å². The van der Waals surface area contributed by atoms with Crippen molar-refractivity contribution >= 4 is 28.4 Å². The summed E-state index contributed by atoms with van der Waals surface area (Å²) in [6.07, 6.45) is 0. The van der Waals surface area contributed by atoms with Crippen molar-refractivity contribution in [2.24, 2.45) is 0 Å². The summed E-state index contributed by atoms with van der Waals surface area (Å²) in [5.41, 5.74) is 2.34. The molecule has 2 aromatic carbocycles. The second kappa shape index (κ2) is 7.29. The highest BCUT2D eigenvalue weighted by Gasteiger charge is 2.25. The molecule has 0 radical (unpaired) electrons. The van der Waals surface area contributed by atoms with E-state index in [9.17, 15) is 4.79 Å². The van der Waals surface area contributed by atoms with Gasteiger partial charge >= 0.3 is 0 Å². The molecule has 0 saturated carbocycles. The number of aryl methyl sites for hydroxylation is 1. The van der Waals surface area contributed by atoms with Gasteiger partial charge in [0.25, 0.3) is 5.91 Å². The Bertz CT molecular complexity index is 1240. The third-order valence-electron chi connectivity index (χ3n) is 5.43. The van der Waals surface area contributed by atoms with E-state index < -0.39 is 0 Å². The molecule has 30 heavy (non-hydrogen) atoms. The molecule has 1 amide bonds. The van der Waals surface area contributed by atoms with Crippen LogP contribution in [0.4, 0.5) is 5.95 Å². The Kier molecular flexibility index (Phi) is 4.46. The minimum Gasteiger partial charge on any atom is -0.497 e. The number of benzene rings is 2. The molecule has 8 heteroatoms. The molecule has 0 atom stereocenters. The van der Waals surface area contributed by atoms with Crippen molar-refractivity contribution in [2.75, 3.05) is 38.2 Å². The van der Waals surface area contributed by atoms with Crippen LogP contribution in [0.2, 0.25) is 0 Å². The zero-order chi connectivity index (χ0) is 20.7. The van der Waals surface area contributed by atoms with Crippen molar-refractivity contribution in [1.82, 2.24) is 24.5 Å². The van der Waals surface area contributed by atoms with E-state index in [2.05, 4.69) is 15.0 Å². The average Bonchev–Trinajstić information content (AvgIpc) is 3.20. The summed E-state index contributed by atoms with van der Waals surface area (Å²) in [6.45, 7) is 4.46. The maximum atomic E-state index is 12.9. The molecule has 2 aromatic heterocycles. The first-order valence-corrected chi connectivity index (χ1v) is 9.94. The van der Waals surface area contributed by atoms with Gasteiger partial charge in [-0.15, -0.1) is 5.10 Å². The number of carbonyl (C=O) groups is 1. The van der Waals surface area contributed by atoms with Crippen LogP contribution in [0.25, 0.3) is 16.6 Å². The summed E-state index contributed by atoms with van der Waals surface area (Å²) in [6, 6.07) is 15.2. The van der Waals surface area contributed by atoms with Gasteiger partial charge in [0, 0.05) is 37.1 Å². The number of piperazine rings is 1. The topological polar surface area (TPSA) is 75.9 Å². The lowest BCUT2D eigenvalue weighted by atomic mass is 10.1. The van der Waals surface area contributed by atoms with Gasteiger partial charge in [-0.2, -0.15) is 4.52 Å². The van der Waals surface area contributed by atoms with Crippen LogP contribution in [0.15, 0.2) is 48.5 Å². The average molecular weight is 402 g/mol. The van der Waals surface area contributed by atoms with Gasteiger partial charge in [-0.25, -0.2) is 9.97 Å². The summed E-state index contributed by atoms with van der Waals surface area (Å²) in [7, 11) is 1.60. The normalized spacial score (nSPS) is 14.5. The molecule has 1 aliphatic rings. The Hall–Kier alpha value is -3.68. The zero-order valence-corrected chi connectivity index (χ0v) is 16.9. The fourth-order valence-electron chi connectivity index (χ4n) is 3.90. The van der Waals surface area contributed by atoms with Crippen molar-refractivity contribution in [2.45, 2.75) is 6.92 Å². The first-order valence-electron chi connectivity index (χ1n) is 9.94. The highest BCUT2D eigenvalue weighted by atomic mass is 16.5. The second-order valence-electron chi connectivity index (χ2n) is 7.33. The van der Waals surface area contributed by atoms with E-state index in [1.54, 1.807) is 13.2 Å². The summed E-state index contributed by atoms with van der Waals surface area (Å²) in [4.78, 5) is 26.4. The van der Waals surface area contributed by atoms with E-state index in [-0.39, 0.29) is 5.91 Å². The van der Waals surface area contributed by atoms with Crippen LogP contribution in [-0.4, -0.2) is 63.7 Å². The largest absolute Gasteiger partial charge is 0.497 e. The van der Waals surface area contributed by atoms with E-state index in [0.717, 1.165) is 22.5 Å². The summed E-state index contributed by atoms with van der Waals surface area (Å²) < 4.78 is 7.06. The van der Waals surface area contributed by atoms with Gasteiger partial charge in [0.2, 0.25) is 5.95 Å². The molecule has 1 aliphatic heterocycles. The summed E-state index contributed by atoms with van der Waals surface area (Å²) in [5.74, 6) is 2.17. The third kappa shape index (κ3) is 3.10. The van der Waals surface area contributed by atoms with Gasteiger partial charge < -0.3 is 14.5 Å². The van der Waals surface area contributed by atoms with Crippen LogP contribution in [0.5, 0.6) is 5.75 Å². The monoisotopic (exact) mass is 402 g/mol. The van der Waals surface area contributed by atoms with Crippen molar-refractivity contribution in [1.29, 1.82) is 0 Å². The Balaban J connectivity index is 1.41. The van der Waals surface area contributed by atoms with E-state index >= 15 is 0 Å². The first-order chi connectivity index (χ1) is 14.6. The number of ether oxygens (including phenoxy) is 1. The van der Waals surface area contributed by atoms with Crippen LogP contribution >= 0.6 is 0 Å². The Morgan fingerprint density at radius 2 is 1.80 bits per heavy atom. The number of rotatable bonds is 3. The van der Waals surface area contributed by atoms with E-state index in [1.807, 2.05) is 58.8 Å². The highest BCUT2D eigenvalue weighted by Crippen LogP contribution is 2.24. The van der Waals surface area contributed by atoms with Gasteiger partial charge in [0.1, 0.15) is 11.6 Å². The van der Waals surface area contributed by atoms with Gasteiger partial charge in [0.15, 0.2) is 5.65 Å². The van der Waals surface area contributed by atoms with Crippen LogP contribution in [0, 0.1) is 6.92 Å². The number of anilines is 1. The van der Waals surface area contributed by atoms with Crippen molar-refractivity contribution < 1.29 is 9.53 Å². The molecule has 0 unspecified atom stereocenters. The zero-order valence-electron chi connectivity index (χ0n) is 16.9. The quantitative estimate of drug-likeness (QED) is 0.524. The minimum atomic E-state index is 0.0155. The Morgan fingerprint density at radius 3 is 2.60 bits per heavy atom. The molecule has 3 heterocycles. The molecular formula is C22H22N6O2. The van der Waals surface area contributed by atoms with Crippen molar-refractivity contribution in [3.8, 4) is 5.75 Å². The molecule has 1 fully saturated rings. The minimum absolute atomic E-state index is 0.0155. The standard InChI is InChI=1S/C22H22N6O2/c1-15-23-20-18-8-3-4-9-19(18)24-22(28(20)25-15)27-12-10-26(11-13-27)21(29)16-6-5-7-17(14-16)30-2/h3-9,14H,10-13H2,1-2H3. The van der Waals surface area contributed by atoms with Crippen molar-refractivity contribution in [3.63, 3.8) is 0 Å². The lowest BCUT2D eigenvalue weighted by Gasteiger charge is -2.35. The van der Waals surface area contributed by atoms with Crippen LogP contribution in [-0.2, 0) is 0 Å². The molecule has 4 aromatic rings. The van der Waals surface area contributed by atoms with Crippen LogP contribution in [0.3, 0.4) is 0 Å². The number of carbonyl (C=O) groups excluding carboxylic acids is 1. The number of aromatic nitrogens is 4. The second-order valence-corrected chi connectivity index (χ2v) is 7.33. The first kappa shape index (κ1) is 18.4. The fourth-order valence-corrected chi connectivity index (χ4v) is 3.90. The lowest BCUT2D eigenvalue weighted by molar-refractivity contribution is 0.0745. The van der Waals surface area contributed by atoms with Crippen LogP contribution < -0.4 is 9.64 Å². The molecule has 8 nitrogen and oxygen atoms in total. The summed E-state index contributed by atoms with van der Waals surface area (Å²) in [5, 5.41) is 5.55. The van der Waals surface area contributed by atoms with Gasteiger partial charge in [-0.1, -0.05) is 18.2 Å². The van der Waals surface area contributed by atoms with Crippen molar-refractivity contribution in [3.05, 3.63) is 59.9 Å². The lowest BCUT2D eigenvalue weighted by Crippen LogP contribution is -2.49. The maximum Gasteiger partial charge on any atom is 0.254 e. The summed E-state index contributed by atoms with van der Waals surface area (Å²) >= 11 is 0. The van der Waals surface area contributed by atoms with Crippen LogP contribution in [0.1, 0.15) is 16.2 Å². The number of hydrogen-bond acceptors (Lipinski definition) is 6. The molecule has 0 aliphatic carbocycles. The predicted octanol–water partition coefficient (Wildman–Crippen LogP) is 2.56. The number of nitrogens with zero attached hydrogens (tertiary/aromatic N) is 6. The number of methoxy groups -OCH3 is 1. The molecule has 0 N–H and O–H groups in total. The Morgan fingerprint density at radius 1 is 1.00 bits per heavy atom. The Labute approximate surface area is 173 Å². The predicted molar refractivity (Wildman–Crippen MR) is 114 cm³/mol. The fraction of sp³-hybridized carbons (Fsp3) is 0.273. The van der Waals surface area contributed by atoms with Gasteiger partial charge in [-0.05, 0) is 37.3 Å². The van der Waals surface area contributed by atoms with Gasteiger partial charge in [-0.3, -0.25) is 4.79 Å². The molecule has 0 spiro atoms. The molecule has 1 saturated heterocycles. The SMILES string of the molecule is COc1cccc(C(=O)N2CCN(c3nc4ccccc4c4nc(C)nn34)CC2)c1. The number of hydrogen-bond donors (Lipinski definition) is 0. The number of fused-ring (bicyclic) bond motifs is 3. The molecule has 152 valence electrons. The van der Waals surface area contributed by atoms with E-state index in [4.69, 9.17) is 9.72 Å². The molecule has 0 bridgehead atoms. The smallest absolute Gasteiger partial charge is 0.254 e. The van der Waals surface area contributed by atoms with Gasteiger partial charge in [0.05, 0.1) is 12.6 Å². The number of para-hydroxylation sites is 1. The highest BCUT2D eigenvalue weighted by molar-refractivity contribution is 5.95.